The maximum atomic E-state index is 12.7. The van der Waals surface area contributed by atoms with Crippen LogP contribution < -0.4 is 10.6 Å². The molecule has 8 heteroatoms. The molecule has 0 spiro atoms. The van der Waals surface area contributed by atoms with E-state index in [4.69, 9.17) is 0 Å². The van der Waals surface area contributed by atoms with E-state index >= 15 is 0 Å². The van der Waals surface area contributed by atoms with E-state index in [0.29, 0.717) is 17.4 Å². The molecule has 0 aliphatic carbocycles. The normalized spacial score (nSPS) is 15.0. The fourth-order valence-corrected chi connectivity index (χ4v) is 3.96. The van der Waals surface area contributed by atoms with Crippen LogP contribution in [0.1, 0.15) is 23.2 Å². The summed E-state index contributed by atoms with van der Waals surface area (Å²) in [5.74, 6) is 0.274. The number of benzene rings is 2. The van der Waals surface area contributed by atoms with Crippen LogP contribution in [0.15, 0.2) is 60.9 Å². The highest BCUT2D eigenvalue weighted by molar-refractivity contribution is 6.04. The zero-order chi connectivity index (χ0) is 21.9. The minimum absolute atomic E-state index is 0.196. The van der Waals surface area contributed by atoms with Gasteiger partial charge in [0.05, 0.1) is 16.7 Å². The average molecular weight is 428 g/mol. The molecule has 0 saturated carbocycles. The van der Waals surface area contributed by atoms with Crippen molar-refractivity contribution >= 4 is 28.4 Å². The zero-order valence-electron chi connectivity index (χ0n) is 17.9. The molecule has 3 N–H and O–H groups in total. The predicted molar refractivity (Wildman–Crippen MR) is 126 cm³/mol. The van der Waals surface area contributed by atoms with Crippen molar-refractivity contribution in [2.75, 3.05) is 30.8 Å². The Morgan fingerprint density at radius 2 is 1.75 bits per heavy atom. The number of nitrogens with zero attached hydrogens (tertiary/aromatic N) is 4. The molecule has 1 aliphatic heterocycles. The first-order valence-corrected chi connectivity index (χ1v) is 10.8. The van der Waals surface area contributed by atoms with Crippen LogP contribution in [0.3, 0.4) is 0 Å². The molecule has 0 bridgehead atoms. The molecular formula is C24H25N7O. The standard InChI is InChI=1S/C24H25N7O/c1-31-12-8-19(9-13-31)27-18-5-2-16(3-6-18)24(32)28-23-15-21(29-30-23)17-4-7-20-22(14-17)26-11-10-25-20/h2-7,10-11,14-15,19,27H,8-9,12-13H2,1H3,(H2,28,29,30,32). The number of likely N-dealkylation sites (tertiary alicyclic amines) is 1. The number of rotatable bonds is 5. The summed E-state index contributed by atoms with van der Waals surface area (Å²) in [5.41, 5.74) is 4.99. The molecule has 1 amide bonds. The number of fused-ring (bicyclic) bond motifs is 1. The Hall–Kier alpha value is -3.78. The van der Waals surface area contributed by atoms with Crippen molar-refractivity contribution in [1.82, 2.24) is 25.1 Å². The van der Waals surface area contributed by atoms with Crippen LogP contribution in [0, 0.1) is 0 Å². The Morgan fingerprint density at radius 1 is 1.00 bits per heavy atom. The fourth-order valence-electron chi connectivity index (χ4n) is 3.96. The summed E-state index contributed by atoms with van der Waals surface area (Å²) in [6.07, 6.45) is 5.59. The number of aromatic nitrogens is 4. The number of aromatic amines is 1. The minimum Gasteiger partial charge on any atom is -0.382 e. The van der Waals surface area contributed by atoms with Gasteiger partial charge in [-0.25, -0.2) is 0 Å². The molecule has 2 aromatic carbocycles. The molecule has 0 atom stereocenters. The molecule has 1 saturated heterocycles. The molecule has 0 radical (unpaired) electrons. The number of H-pyrrole nitrogens is 1. The number of anilines is 2. The van der Waals surface area contributed by atoms with Gasteiger partial charge in [-0.15, -0.1) is 0 Å². The third-order valence-electron chi connectivity index (χ3n) is 5.84. The molecule has 4 aromatic rings. The van der Waals surface area contributed by atoms with E-state index in [1.807, 2.05) is 48.5 Å². The lowest BCUT2D eigenvalue weighted by Gasteiger charge is -2.30. The monoisotopic (exact) mass is 427 g/mol. The molecule has 1 fully saturated rings. The molecule has 2 aromatic heterocycles. The van der Waals surface area contributed by atoms with Crippen LogP contribution in [0.25, 0.3) is 22.3 Å². The van der Waals surface area contributed by atoms with Gasteiger partial charge in [-0.1, -0.05) is 6.07 Å². The van der Waals surface area contributed by atoms with Crippen LogP contribution in [0.4, 0.5) is 11.5 Å². The third kappa shape index (κ3) is 4.45. The first-order chi connectivity index (χ1) is 15.6. The van der Waals surface area contributed by atoms with Crippen molar-refractivity contribution in [3.8, 4) is 11.3 Å². The quantitative estimate of drug-likeness (QED) is 0.448. The number of amides is 1. The summed E-state index contributed by atoms with van der Waals surface area (Å²) in [5, 5.41) is 13.6. The van der Waals surface area contributed by atoms with E-state index in [9.17, 15) is 4.79 Å². The van der Waals surface area contributed by atoms with Gasteiger partial charge in [0.15, 0.2) is 5.82 Å². The lowest BCUT2D eigenvalue weighted by Crippen LogP contribution is -2.36. The van der Waals surface area contributed by atoms with Crippen LogP contribution >= 0.6 is 0 Å². The highest BCUT2D eigenvalue weighted by atomic mass is 16.1. The van der Waals surface area contributed by atoms with Crippen molar-refractivity contribution in [2.45, 2.75) is 18.9 Å². The molecule has 8 nitrogen and oxygen atoms in total. The van der Waals surface area contributed by atoms with Crippen molar-refractivity contribution < 1.29 is 4.79 Å². The second kappa shape index (κ2) is 8.76. The second-order valence-electron chi connectivity index (χ2n) is 8.18. The Morgan fingerprint density at radius 3 is 2.53 bits per heavy atom. The Kier molecular flexibility index (Phi) is 5.51. The van der Waals surface area contributed by atoms with E-state index in [2.05, 4.69) is 42.7 Å². The van der Waals surface area contributed by atoms with Crippen molar-refractivity contribution in [2.24, 2.45) is 0 Å². The molecular weight excluding hydrogens is 402 g/mol. The van der Waals surface area contributed by atoms with E-state index in [-0.39, 0.29) is 5.91 Å². The van der Waals surface area contributed by atoms with Gasteiger partial charge >= 0.3 is 0 Å². The maximum Gasteiger partial charge on any atom is 0.256 e. The number of hydrogen-bond acceptors (Lipinski definition) is 6. The minimum atomic E-state index is -0.196. The Balaban J connectivity index is 1.22. The van der Waals surface area contributed by atoms with Gasteiger partial charge in [0, 0.05) is 41.3 Å². The molecule has 0 unspecified atom stereocenters. The zero-order valence-corrected chi connectivity index (χ0v) is 17.9. The van der Waals surface area contributed by atoms with Crippen LogP contribution in [-0.2, 0) is 0 Å². The lowest BCUT2D eigenvalue weighted by molar-refractivity contribution is 0.102. The summed E-state index contributed by atoms with van der Waals surface area (Å²) < 4.78 is 0. The largest absolute Gasteiger partial charge is 0.382 e. The second-order valence-corrected chi connectivity index (χ2v) is 8.18. The first kappa shape index (κ1) is 20.1. The smallest absolute Gasteiger partial charge is 0.256 e. The van der Waals surface area contributed by atoms with Crippen molar-refractivity contribution in [1.29, 1.82) is 0 Å². The summed E-state index contributed by atoms with van der Waals surface area (Å²) in [7, 11) is 2.16. The summed E-state index contributed by atoms with van der Waals surface area (Å²) in [4.78, 5) is 23.6. The fraction of sp³-hybridized carbons (Fsp3) is 0.250. The topological polar surface area (TPSA) is 98.8 Å². The maximum absolute atomic E-state index is 12.7. The van der Waals surface area contributed by atoms with Crippen LogP contribution in [-0.4, -0.2) is 57.2 Å². The van der Waals surface area contributed by atoms with Crippen LogP contribution in [0.2, 0.25) is 0 Å². The van der Waals surface area contributed by atoms with E-state index < -0.39 is 0 Å². The van der Waals surface area contributed by atoms with Gasteiger partial charge in [0.2, 0.25) is 0 Å². The highest BCUT2D eigenvalue weighted by Crippen LogP contribution is 2.23. The molecule has 5 rings (SSSR count). The number of piperidine rings is 1. The number of nitrogens with one attached hydrogen (secondary N) is 3. The van der Waals surface area contributed by atoms with Gasteiger partial charge in [0.1, 0.15) is 0 Å². The van der Waals surface area contributed by atoms with Gasteiger partial charge in [-0.05, 0) is 69.4 Å². The molecule has 3 heterocycles. The van der Waals surface area contributed by atoms with Gasteiger partial charge in [-0.3, -0.25) is 19.9 Å². The van der Waals surface area contributed by atoms with Gasteiger partial charge in [-0.2, -0.15) is 5.10 Å². The summed E-state index contributed by atoms with van der Waals surface area (Å²) >= 11 is 0. The number of carbonyl (C=O) groups excluding carboxylic acids is 1. The number of hydrogen-bond donors (Lipinski definition) is 3. The van der Waals surface area contributed by atoms with Crippen molar-refractivity contribution in [3.05, 3.63) is 66.5 Å². The Labute approximate surface area is 186 Å². The predicted octanol–water partition coefficient (Wildman–Crippen LogP) is 3.78. The number of carbonyl (C=O) groups is 1. The molecule has 1 aliphatic rings. The molecule has 32 heavy (non-hydrogen) atoms. The lowest BCUT2D eigenvalue weighted by atomic mass is 10.0. The average Bonchev–Trinajstić information content (AvgIpc) is 3.29. The van der Waals surface area contributed by atoms with Gasteiger partial charge < -0.3 is 15.5 Å². The Bertz CT molecular complexity index is 1230. The van der Waals surface area contributed by atoms with E-state index in [1.165, 1.54) is 0 Å². The van der Waals surface area contributed by atoms with E-state index in [1.54, 1.807) is 12.4 Å². The van der Waals surface area contributed by atoms with Crippen molar-refractivity contribution in [3.63, 3.8) is 0 Å². The molecule has 162 valence electrons. The summed E-state index contributed by atoms with van der Waals surface area (Å²) in [6.45, 7) is 2.22. The van der Waals surface area contributed by atoms with E-state index in [0.717, 1.165) is 53.9 Å². The highest BCUT2D eigenvalue weighted by Gasteiger charge is 2.16. The SMILES string of the molecule is CN1CCC(Nc2ccc(C(=O)Nc3cc(-c4ccc5nccnc5c4)[nH]n3)cc2)CC1. The van der Waals surface area contributed by atoms with Crippen LogP contribution in [0.5, 0.6) is 0 Å². The third-order valence-corrected chi connectivity index (χ3v) is 5.84. The van der Waals surface area contributed by atoms with Gasteiger partial charge in [0.25, 0.3) is 5.91 Å². The first-order valence-electron chi connectivity index (χ1n) is 10.8. The summed E-state index contributed by atoms with van der Waals surface area (Å²) in [6, 6.07) is 15.7.